The first-order valence-electron chi connectivity index (χ1n) is 4.37. The summed E-state index contributed by atoms with van der Waals surface area (Å²) in [6.07, 6.45) is 1.48. The normalized spacial score (nSPS) is 10.1. The van der Waals surface area contributed by atoms with E-state index in [1.165, 1.54) is 0 Å². The lowest BCUT2D eigenvalue weighted by molar-refractivity contribution is -0.151. The van der Waals surface area contributed by atoms with Gasteiger partial charge in [-0.3, -0.25) is 4.79 Å². The molecule has 78 valence electrons. The van der Waals surface area contributed by atoms with E-state index in [0.29, 0.717) is 6.42 Å². The van der Waals surface area contributed by atoms with Crippen molar-refractivity contribution in [2.75, 3.05) is 26.4 Å². The van der Waals surface area contributed by atoms with Gasteiger partial charge in [0.1, 0.15) is 6.61 Å². The van der Waals surface area contributed by atoms with Gasteiger partial charge in [0.05, 0.1) is 19.8 Å². The van der Waals surface area contributed by atoms with Gasteiger partial charge in [0, 0.05) is 0 Å². The van der Waals surface area contributed by atoms with E-state index in [4.69, 9.17) is 5.11 Å². The summed E-state index contributed by atoms with van der Waals surface area (Å²) in [6.45, 7) is 1.63. The lowest BCUT2D eigenvalue weighted by Gasteiger charge is -2.10. The van der Waals surface area contributed by atoms with Gasteiger partial charge in [-0.15, -0.1) is 0 Å². The molecule has 0 atom stereocenters. The van der Waals surface area contributed by atoms with Crippen LogP contribution in [0.15, 0.2) is 0 Å². The highest BCUT2D eigenvalue weighted by molar-refractivity contribution is 5.76. The van der Waals surface area contributed by atoms with E-state index in [2.05, 4.69) is 4.74 Å². The van der Waals surface area contributed by atoms with E-state index in [9.17, 15) is 9.28 Å². The Hall–Kier alpha value is -0.680. The first kappa shape index (κ1) is 12.3. The van der Waals surface area contributed by atoms with Crippen molar-refractivity contribution in [3.63, 3.8) is 0 Å². The zero-order chi connectivity index (χ0) is 10.1. The maximum atomic E-state index is 12.8. The van der Waals surface area contributed by atoms with Gasteiger partial charge in [-0.2, -0.15) is 5.12 Å². The number of aliphatic hydroxyl groups excluding tert-OH is 1. The summed E-state index contributed by atoms with van der Waals surface area (Å²) in [5.41, 5.74) is 0. The molecule has 0 aliphatic rings. The number of aliphatic hydroxyl groups is 1. The summed E-state index contributed by atoms with van der Waals surface area (Å²) in [6, 6.07) is 0. The number of ether oxygens (including phenoxy) is 1. The Labute approximate surface area is 77.2 Å². The first-order chi connectivity index (χ1) is 6.22. The summed E-state index contributed by atoms with van der Waals surface area (Å²) in [5.74, 6) is -0.693. The van der Waals surface area contributed by atoms with Crippen molar-refractivity contribution in [3.05, 3.63) is 0 Å². The molecule has 1 N–H and O–H groups in total. The Bertz CT molecular complexity index is 143. The quantitative estimate of drug-likeness (QED) is 0.473. The van der Waals surface area contributed by atoms with Gasteiger partial charge in [-0.1, -0.05) is 17.8 Å². The Balaban J connectivity index is 3.45. The summed E-state index contributed by atoms with van der Waals surface area (Å²) in [5, 5.41) is 8.47. The average Bonchev–Trinajstić information content (AvgIpc) is 2.14. The van der Waals surface area contributed by atoms with Crippen LogP contribution in [0.5, 0.6) is 0 Å². The molecule has 13 heavy (non-hydrogen) atoms. The third-order valence-electron chi connectivity index (χ3n) is 1.44. The highest BCUT2D eigenvalue weighted by Crippen LogP contribution is 1.96. The molecule has 0 aromatic rings. The molecule has 0 spiro atoms. The number of hydrogen-bond donors (Lipinski definition) is 1. The molecule has 0 rings (SSSR count). The van der Waals surface area contributed by atoms with Crippen LogP contribution in [0.3, 0.4) is 0 Å². The second-order valence-electron chi connectivity index (χ2n) is 2.61. The smallest absolute Gasteiger partial charge is 0.276 e. The second-order valence-corrected chi connectivity index (χ2v) is 2.61. The van der Waals surface area contributed by atoms with Gasteiger partial charge < -0.3 is 9.84 Å². The van der Waals surface area contributed by atoms with E-state index < -0.39 is 5.91 Å². The van der Waals surface area contributed by atoms with Crippen molar-refractivity contribution in [1.29, 1.82) is 0 Å². The molecular weight excluding hydrogens is 177 g/mol. The SMILES string of the molecule is CCCCN(F)C(=O)COCCO. The molecule has 0 fully saturated rings. The zero-order valence-corrected chi connectivity index (χ0v) is 7.83. The Morgan fingerprint density at radius 2 is 2.31 bits per heavy atom. The molecule has 0 aromatic heterocycles. The Morgan fingerprint density at radius 1 is 1.62 bits per heavy atom. The highest BCUT2D eigenvalue weighted by Gasteiger charge is 2.11. The van der Waals surface area contributed by atoms with Crippen molar-refractivity contribution >= 4 is 5.91 Å². The fourth-order valence-electron chi connectivity index (χ4n) is 0.716. The molecular formula is C8H16FNO3. The van der Waals surface area contributed by atoms with E-state index in [1.54, 1.807) is 0 Å². The van der Waals surface area contributed by atoms with Crippen LogP contribution in [-0.4, -0.2) is 42.5 Å². The molecule has 0 heterocycles. The summed E-state index contributed by atoms with van der Waals surface area (Å²) in [7, 11) is 0. The predicted molar refractivity (Wildman–Crippen MR) is 45.6 cm³/mol. The minimum Gasteiger partial charge on any atom is -0.394 e. The molecule has 5 heteroatoms. The predicted octanol–water partition coefficient (Wildman–Crippen LogP) is 0.508. The van der Waals surface area contributed by atoms with Gasteiger partial charge >= 0.3 is 0 Å². The number of carbonyl (C=O) groups excluding carboxylic acids is 1. The van der Waals surface area contributed by atoms with E-state index in [-0.39, 0.29) is 31.5 Å². The zero-order valence-electron chi connectivity index (χ0n) is 7.83. The van der Waals surface area contributed by atoms with Gasteiger partial charge in [0.15, 0.2) is 0 Å². The van der Waals surface area contributed by atoms with Crippen molar-refractivity contribution in [2.45, 2.75) is 19.8 Å². The number of amides is 1. The molecule has 0 saturated carbocycles. The van der Waals surface area contributed by atoms with Gasteiger partial charge in [0.25, 0.3) is 5.91 Å². The summed E-state index contributed by atoms with van der Waals surface area (Å²) >= 11 is 0. The Morgan fingerprint density at radius 3 is 2.85 bits per heavy atom. The third-order valence-corrected chi connectivity index (χ3v) is 1.44. The van der Waals surface area contributed by atoms with Gasteiger partial charge in [-0.05, 0) is 6.42 Å². The maximum Gasteiger partial charge on any atom is 0.276 e. The minimum atomic E-state index is -0.693. The molecule has 0 bridgehead atoms. The number of carbonyl (C=O) groups is 1. The van der Waals surface area contributed by atoms with Gasteiger partial charge in [-0.25, -0.2) is 0 Å². The van der Waals surface area contributed by atoms with Crippen LogP contribution in [0.1, 0.15) is 19.8 Å². The number of unbranched alkanes of at least 4 members (excludes halogenated alkanes) is 1. The van der Waals surface area contributed by atoms with Crippen molar-refractivity contribution in [2.24, 2.45) is 0 Å². The molecule has 0 aromatic carbocycles. The molecule has 0 unspecified atom stereocenters. The van der Waals surface area contributed by atoms with Crippen LogP contribution >= 0.6 is 0 Å². The van der Waals surface area contributed by atoms with Crippen LogP contribution in [0, 0.1) is 0 Å². The minimum absolute atomic E-state index is 0.0629. The fourth-order valence-corrected chi connectivity index (χ4v) is 0.716. The molecule has 1 amide bonds. The van der Waals surface area contributed by atoms with E-state index >= 15 is 0 Å². The van der Waals surface area contributed by atoms with Crippen LogP contribution < -0.4 is 0 Å². The molecule has 0 aliphatic carbocycles. The number of rotatable bonds is 7. The Kier molecular flexibility index (Phi) is 7.53. The van der Waals surface area contributed by atoms with Crippen molar-refractivity contribution < 1.29 is 19.1 Å². The third kappa shape index (κ3) is 6.48. The molecule has 4 nitrogen and oxygen atoms in total. The highest BCUT2D eigenvalue weighted by atomic mass is 19.2. The van der Waals surface area contributed by atoms with E-state index in [1.807, 2.05) is 6.92 Å². The maximum absolute atomic E-state index is 12.8. The van der Waals surface area contributed by atoms with Crippen molar-refractivity contribution in [1.82, 2.24) is 5.12 Å². The fraction of sp³-hybridized carbons (Fsp3) is 0.875. The lowest BCUT2D eigenvalue weighted by atomic mass is 10.3. The van der Waals surface area contributed by atoms with Crippen LogP contribution in [0.25, 0.3) is 0 Å². The summed E-state index contributed by atoms with van der Waals surface area (Å²) < 4.78 is 17.4. The van der Waals surface area contributed by atoms with Crippen LogP contribution in [0.2, 0.25) is 0 Å². The molecule has 0 radical (unpaired) electrons. The van der Waals surface area contributed by atoms with Crippen LogP contribution in [-0.2, 0) is 9.53 Å². The summed E-state index contributed by atoms with van der Waals surface area (Å²) in [4.78, 5) is 10.9. The van der Waals surface area contributed by atoms with Crippen LogP contribution in [0.4, 0.5) is 4.48 Å². The number of halogens is 1. The average molecular weight is 193 g/mol. The standard InChI is InChI=1S/C8H16FNO3/c1-2-3-4-10(9)8(12)7-13-6-5-11/h11H,2-7H2,1H3. The number of hydrogen-bond acceptors (Lipinski definition) is 3. The van der Waals surface area contributed by atoms with Gasteiger partial charge in [0.2, 0.25) is 0 Å². The monoisotopic (exact) mass is 193 g/mol. The second kappa shape index (κ2) is 7.94. The molecule has 0 saturated heterocycles. The van der Waals surface area contributed by atoms with Crippen molar-refractivity contribution in [3.8, 4) is 0 Å². The topological polar surface area (TPSA) is 49.8 Å². The first-order valence-corrected chi connectivity index (χ1v) is 4.37. The van der Waals surface area contributed by atoms with E-state index in [0.717, 1.165) is 6.42 Å². The largest absolute Gasteiger partial charge is 0.394 e. The lowest BCUT2D eigenvalue weighted by Crippen LogP contribution is -2.28. The molecule has 0 aliphatic heterocycles. The number of nitrogens with zero attached hydrogens (tertiary/aromatic N) is 1.